The summed E-state index contributed by atoms with van der Waals surface area (Å²) in [4.78, 5) is 0. The molecule has 156 valence electrons. The van der Waals surface area contributed by atoms with Crippen molar-refractivity contribution in [3.05, 3.63) is 36.4 Å². The monoisotopic (exact) mass is 384 g/mol. The van der Waals surface area contributed by atoms with Crippen LogP contribution in [0.5, 0.6) is 11.5 Å². The summed E-state index contributed by atoms with van der Waals surface area (Å²) in [7, 11) is 0. The molecule has 0 radical (unpaired) electrons. The van der Waals surface area contributed by atoms with Gasteiger partial charge in [-0.15, -0.1) is 0 Å². The Balaban J connectivity index is 1.93. The minimum atomic E-state index is 0.658. The van der Waals surface area contributed by atoms with Gasteiger partial charge in [0.2, 0.25) is 0 Å². The van der Waals surface area contributed by atoms with Gasteiger partial charge in [-0.1, -0.05) is 78.4 Å². The molecule has 2 nitrogen and oxygen atoms in total. The summed E-state index contributed by atoms with van der Waals surface area (Å²) >= 11 is 0. The lowest BCUT2D eigenvalue weighted by molar-refractivity contribution is 0.233. The average Bonchev–Trinajstić information content (AvgIpc) is 2.74. The molecule has 0 heterocycles. The molecule has 28 heavy (non-hydrogen) atoms. The number of rotatable bonds is 14. The Morgan fingerprint density at radius 2 is 1.07 bits per heavy atom. The normalized spacial score (nSPS) is 13.4. The van der Waals surface area contributed by atoms with Crippen molar-refractivity contribution in [2.75, 3.05) is 13.2 Å². The predicted molar refractivity (Wildman–Crippen MR) is 122 cm³/mol. The van der Waals surface area contributed by atoms with Gasteiger partial charge in [0.1, 0.15) is 11.5 Å². The van der Waals surface area contributed by atoms with E-state index in [2.05, 4.69) is 64.1 Å². The van der Waals surface area contributed by atoms with E-state index in [1.807, 2.05) is 0 Å². The summed E-state index contributed by atoms with van der Waals surface area (Å²) < 4.78 is 12.2. The van der Waals surface area contributed by atoms with Crippen LogP contribution in [0.3, 0.4) is 0 Å². The van der Waals surface area contributed by atoms with Crippen LogP contribution in [0.2, 0.25) is 0 Å². The van der Waals surface area contributed by atoms with Crippen LogP contribution in [0.1, 0.15) is 79.1 Å². The van der Waals surface area contributed by atoms with E-state index in [9.17, 15) is 0 Å². The molecule has 0 aliphatic rings. The number of hydrogen-bond donors (Lipinski definition) is 0. The number of ether oxygens (including phenoxy) is 2. The van der Waals surface area contributed by atoms with Crippen molar-refractivity contribution in [1.82, 2.24) is 0 Å². The van der Waals surface area contributed by atoms with E-state index < -0.39 is 0 Å². The molecule has 0 saturated heterocycles. The van der Waals surface area contributed by atoms with Gasteiger partial charge in [-0.2, -0.15) is 0 Å². The van der Waals surface area contributed by atoms with Gasteiger partial charge in [0.25, 0.3) is 0 Å². The van der Waals surface area contributed by atoms with Crippen LogP contribution in [0.4, 0.5) is 0 Å². The van der Waals surface area contributed by atoms with Crippen molar-refractivity contribution in [1.29, 1.82) is 0 Å². The van der Waals surface area contributed by atoms with E-state index in [1.165, 1.54) is 62.1 Å². The molecule has 0 fully saturated rings. The molecular weight excluding hydrogens is 344 g/mol. The highest BCUT2D eigenvalue weighted by atomic mass is 16.5. The van der Waals surface area contributed by atoms with E-state index in [0.717, 1.165) is 24.7 Å². The fourth-order valence-electron chi connectivity index (χ4n) is 3.61. The smallest absolute Gasteiger partial charge is 0.119 e. The fourth-order valence-corrected chi connectivity index (χ4v) is 3.61. The van der Waals surface area contributed by atoms with E-state index >= 15 is 0 Å². The molecule has 2 rings (SSSR count). The molecule has 2 aromatic carbocycles. The van der Waals surface area contributed by atoms with Gasteiger partial charge < -0.3 is 9.47 Å². The number of hydrogen-bond acceptors (Lipinski definition) is 2. The van der Waals surface area contributed by atoms with Gasteiger partial charge in [0.15, 0.2) is 0 Å². The summed E-state index contributed by atoms with van der Waals surface area (Å²) in [6, 6.07) is 12.8. The van der Waals surface area contributed by atoms with Crippen LogP contribution in [-0.4, -0.2) is 13.2 Å². The highest BCUT2D eigenvalue weighted by molar-refractivity contribution is 5.85. The van der Waals surface area contributed by atoms with Gasteiger partial charge in [-0.3, -0.25) is 0 Å². The zero-order chi connectivity index (χ0) is 20.2. The average molecular weight is 385 g/mol. The lowest BCUT2D eigenvalue weighted by Gasteiger charge is -2.17. The quantitative estimate of drug-likeness (QED) is 0.328. The Morgan fingerprint density at radius 1 is 0.643 bits per heavy atom. The van der Waals surface area contributed by atoms with E-state index in [-0.39, 0.29) is 0 Å². The molecule has 0 bridgehead atoms. The summed E-state index contributed by atoms with van der Waals surface area (Å²) in [5, 5.41) is 2.42. The van der Waals surface area contributed by atoms with Crippen molar-refractivity contribution >= 4 is 10.8 Å². The maximum absolute atomic E-state index is 6.09. The van der Waals surface area contributed by atoms with Crippen LogP contribution in [-0.2, 0) is 0 Å². The fraction of sp³-hybridized carbons (Fsp3) is 0.615. The topological polar surface area (TPSA) is 18.5 Å². The molecule has 2 heteroatoms. The van der Waals surface area contributed by atoms with Crippen LogP contribution < -0.4 is 9.47 Å². The molecule has 0 spiro atoms. The lowest BCUT2D eigenvalue weighted by atomic mass is 10.0. The Kier molecular flexibility index (Phi) is 10.2. The van der Waals surface area contributed by atoms with Crippen molar-refractivity contribution in [3.63, 3.8) is 0 Å². The van der Waals surface area contributed by atoms with E-state index in [4.69, 9.17) is 9.47 Å². The summed E-state index contributed by atoms with van der Waals surface area (Å²) in [6.45, 7) is 10.7. The molecule has 0 aromatic heterocycles. The summed E-state index contributed by atoms with van der Waals surface area (Å²) in [5.41, 5.74) is 0. The third kappa shape index (κ3) is 7.37. The Bertz CT molecular complexity index is 620. The minimum Gasteiger partial charge on any atom is -0.493 e. The highest BCUT2D eigenvalue weighted by Crippen LogP contribution is 2.26. The first-order valence-corrected chi connectivity index (χ1v) is 11.5. The Hall–Kier alpha value is -1.70. The minimum absolute atomic E-state index is 0.658. The van der Waals surface area contributed by atoms with Crippen LogP contribution in [0, 0.1) is 11.8 Å². The highest BCUT2D eigenvalue weighted by Gasteiger charge is 2.09. The first-order chi connectivity index (χ1) is 13.7. The largest absolute Gasteiger partial charge is 0.493 e. The third-order valence-corrected chi connectivity index (χ3v) is 5.84. The molecule has 0 aliphatic heterocycles. The molecule has 0 aliphatic carbocycles. The SMILES string of the molecule is CCCCC(CC)COc1ccc2cc(OCC(CC)CCCC)ccc2c1. The van der Waals surface area contributed by atoms with Gasteiger partial charge in [-0.05, 0) is 59.7 Å². The maximum atomic E-state index is 6.09. The molecular formula is C26H40O2. The van der Waals surface area contributed by atoms with E-state index in [1.54, 1.807) is 0 Å². The number of unbranched alkanes of at least 4 members (excludes halogenated alkanes) is 2. The van der Waals surface area contributed by atoms with Crippen molar-refractivity contribution in [2.45, 2.75) is 79.1 Å². The molecule has 2 unspecified atom stereocenters. The second kappa shape index (κ2) is 12.7. The van der Waals surface area contributed by atoms with Gasteiger partial charge >= 0.3 is 0 Å². The first kappa shape index (κ1) is 22.6. The van der Waals surface area contributed by atoms with Crippen LogP contribution in [0.15, 0.2) is 36.4 Å². The third-order valence-electron chi connectivity index (χ3n) is 5.84. The van der Waals surface area contributed by atoms with Gasteiger partial charge in [0.05, 0.1) is 13.2 Å². The van der Waals surface area contributed by atoms with E-state index in [0.29, 0.717) is 11.8 Å². The molecule has 0 saturated carbocycles. The second-order valence-corrected chi connectivity index (χ2v) is 8.13. The molecule has 2 atom stereocenters. The van der Waals surface area contributed by atoms with Crippen molar-refractivity contribution in [2.24, 2.45) is 11.8 Å². The summed E-state index contributed by atoms with van der Waals surface area (Å²) in [6.07, 6.45) is 10.00. The Morgan fingerprint density at radius 3 is 1.43 bits per heavy atom. The first-order valence-electron chi connectivity index (χ1n) is 11.5. The second-order valence-electron chi connectivity index (χ2n) is 8.13. The maximum Gasteiger partial charge on any atom is 0.119 e. The van der Waals surface area contributed by atoms with Crippen molar-refractivity contribution in [3.8, 4) is 11.5 Å². The molecule has 0 N–H and O–H groups in total. The van der Waals surface area contributed by atoms with Gasteiger partial charge in [0, 0.05) is 0 Å². The lowest BCUT2D eigenvalue weighted by Crippen LogP contribution is -2.11. The number of fused-ring (bicyclic) bond motifs is 1. The van der Waals surface area contributed by atoms with Gasteiger partial charge in [-0.25, -0.2) is 0 Å². The van der Waals surface area contributed by atoms with Crippen LogP contribution >= 0.6 is 0 Å². The number of benzene rings is 2. The van der Waals surface area contributed by atoms with Crippen molar-refractivity contribution < 1.29 is 9.47 Å². The standard InChI is InChI=1S/C26H40O2/c1-5-9-11-21(7-3)19-27-25-15-13-24-18-26(16-14-23(24)17-25)28-20-22(8-4)12-10-6-2/h13-18,21-22H,5-12,19-20H2,1-4H3. The Labute approximate surface area is 172 Å². The zero-order valence-electron chi connectivity index (χ0n) is 18.5. The predicted octanol–water partition coefficient (Wildman–Crippen LogP) is 8.03. The molecule has 2 aromatic rings. The molecule has 0 amide bonds. The van der Waals surface area contributed by atoms with Crippen LogP contribution in [0.25, 0.3) is 10.8 Å². The zero-order valence-corrected chi connectivity index (χ0v) is 18.5. The summed E-state index contributed by atoms with van der Waals surface area (Å²) in [5.74, 6) is 3.26.